The highest BCUT2D eigenvalue weighted by atomic mass is 14.4. The second-order valence-electron chi connectivity index (χ2n) is 9.33. The quantitative estimate of drug-likeness (QED) is 0.391. The van der Waals surface area contributed by atoms with E-state index in [1.807, 2.05) is 0 Å². The predicted molar refractivity (Wildman–Crippen MR) is 113 cm³/mol. The Morgan fingerprint density at radius 1 is 1.04 bits per heavy atom. The maximum absolute atomic E-state index is 4.40. The van der Waals surface area contributed by atoms with Gasteiger partial charge in [0, 0.05) is 0 Å². The van der Waals surface area contributed by atoms with Crippen molar-refractivity contribution in [2.45, 2.75) is 91.9 Å². The maximum atomic E-state index is 4.40. The van der Waals surface area contributed by atoms with E-state index in [9.17, 15) is 0 Å². The van der Waals surface area contributed by atoms with Gasteiger partial charge in [-0.1, -0.05) is 65.2 Å². The molecular weight excluding hydrogens is 300 g/mol. The zero-order valence-electron chi connectivity index (χ0n) is 17.6. The summed E-state index contributed by atoms with van der Waals surface area (Å²) in [4.78, 5) is 0. The summed E-state index contributed by atoms with van der Waals surface area (Å²) < 4.78 is 0. The first-order chi connectivity index (χ1) is 12.0. The van der Waals surface area contributed by atoms with Crippen LogP contribution in [0.3, 0.4) is 0 Å². The van der Waals surface area contributed by atoms with Crippen LogP contribution >= 0.6 is 0 Å². The number of hydrogen-bond donors (Lipinski definition) is 0. The van der Waals surface area contributed by atoms with Gasteiger partial charge in [0.15, 0.2) is 0 Å². The third-order valence-electron chi connectivity index (χ3n) is 8.02. The Kier molecular flexibility index (Phi) is 8.30. The minimum atomic E-state index is 0.687. The summed E-state index contributed by atoms with van der Waals surface area (Å²) in [5.41, 5.74) is 1.47. The molecule has 0 aromatic carbocycles. The van der Waals surface area contributed by atoms with Gasteiger partial charge in [0.25, 0.3) is 0 Å². The normalized spacial score (nSPS) is 37.4. The van der Waals surface area contributed by atoms with E-state index in [1.165, 1.54) is 63.4 Å². The average molecular weight is 345 g/mol. The van der Waals surface area contributed by atoms with E-state index in [1.54, 1.807) is 0 Å². The van der Waals surface area contributed by atoms with Crippen LogP contribution in [0.5, 0.6) is 0 Å². The molecule has 2 aliphatic rings. The predicted octanol–water partition coefficient (Wildman–Crippen LogP) is 8.05. The van der Waals surface area contributed by atoms with Gasteiger partial charge in [-0.05, 0) is 86.4 Å². The van der Waals surface area contributed by atoms with E-state index in [0.717, 1.165) is 36.0 Å². The van der Waals surface area contributed by atoms with E-state index in [2.05, 4.69) is 46.9 Å². The van der Waals surface area contributed by atoms with Gasteiger partial charge < -0.3 is 0 Å². The third kappa shape index (κ3) is 5.24. The van der Waals surface area contributed by atoms with Crippen molar-refractivity contribution >= 4 is 0 Å². The summed E-state index contributed by atoms with van der Waals surface area (Å²) in [5, 5.41) is 0. The summed E-state index contributed by atoms with van der Waals surface area (Å²) in [6.45, 7) is 18.1. The molecule has 7 unspecified atom stereocenters. The average Bonchev–Trinajstić information content (AvgIpc) is 2.66. The molecule has 0 aromatic rings. The van der Waals surface area contributed by atoms with Crippen molar-refractivity contribution < 1.29 is 0 Å². The third-order valence-corrected chi connectivity index (χ3v) is 8.02. The molecule has 2 rings (SSSR count). The zero-order valence-corrected chi connectivity index (χ0v) is 17.6. The van der Waals surface area contributed by atoms with Crippen LogP contribution in [0, 0.1) is 41.4 Å². The first kappa shape index (κ1) is 20.8. The van der Waals surface area contributed by atoms with Crippen molar-refractivity contribution in [2.24, 2.45) is 41.4 Å². The highest BCUT2D eigenvalue weighted by Gasteiger charge is 2.35. The molecule has 2 fully saturated rings. The van der Waals surface area contributed by atoms with Crippen molar-refractivity contribution in [3.63, 3.8) is 0 Å². The Labute approximate surface area is 158 Å². The number of rotatable bonds is 8. The van der Waals surface area contributed by atoms with Crippen molar-refractivity contribution in [1.82, 2.24) is 0 Å². The standard InChI is InChI=1S/C25H44/c1-7-18(5)24-16-20(11-13-22(24)9-3)15-21-12-14-23(10-4)25(17-21)19(6)8-2/h9,19-25H,3,5,7-8,10-17H2,1-2,4,6H3. The molecule has 2 aliphatic carbocycles. The Bertz CT molecular complexity index is 420. The molecule has 0 bridgehead atoms. The van der Waals surface area contributed by atoms with Gasteiger partial charge in [0.2, 0.25) is 0 Å². The number of hydrogen-bond acceptors (Lipinski definition) is 0. The monoisotopic (exact) mass is 344 g/mol. The van der Waals surface area contributed by atoms with Crippen molar-refractivity contribution in [3.05, 3.63) is 24.8 Å². The fourth-order valence-electron chi connectivity index (χ4n) is 6.06. The smallest absolute Gasteiger partial charge is 0.0141 e. The van der Waals surface area contributed by atoms with Crippen LogP contribution in [0.15, 0.2) is 24.8 Å². The molecule has 0 radical (unpaired) electrons. The summed E-state index contributed by atoms with van der Waals surface area (Å²) in [6.07, 6.45) is 16.2. The molecule has 0 saturated heterocycles. The van der Waals surface area contributed by atoms with Crippen LogP contribution in [-0.4, -0.2) is 0 Å². The first-order valence-electron chi connectivity index (χ1n) is 11.3. The largest absolute Gasteiger partial charge is 0.103 e. The first-order valence-corrected chi connectivity index (χ1v) is 11.3. The molecule has 0 nitrogen and oxygen atoms in total. The maximum Gasteiger partial charge on any atom is -0.0141 e. The summed E-state index contributed by atoms with van der Waals surface area (Å²) >= 11 is 0. The molecule has 25 heavy (non-hydrogen) atoms. The minimum Gasteiger partial charge on any atom is -0.103 e. The van der Waals surface area contributed by atoms with Crippen LogP contribution in [0.2, 0.25) is 0 Å². The number of allylic oxidation sites excluding steroid dienone is 2. The SMILES string of the molecule is C=CC1CCC(CC2CCC(CC)C(C(C)CC)C2)CC1C(=C)CC. The lowest BCUT2D eigenvalue weighted by Crippen LogP contribution is -2.31. The van der Waals surface area contributed by atoms with Crippen LogP contribution in [0.25, 0.3) is 0 Å². The zero-order chi connectivity index (χ0) is 18.4. The van der Waals surface area contributed by atoms with Crippen LogP contribution < -0.4 is 0 Å². The van der Waals surface area contributed by atoms with Gasteiger partial charge >= 0.3 is 0 Å². The second-order valence-corrected chi connectivity index (χ2v) is 9.33. The molecular formula is C25H44. The Morgan fingerprint density at radius 2 is 1.72 bits per heavy atom. The molecule has 2 saturated carbocycles. The molecule has 0 aromatic heterocycles. The summed E-state index contributed by atoms with van der Waals surface area (Å²) in [7, 11) is 0. The van der Waals surface area contributed by atoms with Crippen LogP contribution in [0.1, 0.15) is 91.9 Å². The Morgan fingerprint density at radius 3 is 2.32 bits per heavy atom. The van der Waals surface area contributed by atoms with E-state index in [0.29, 0.717) is 11.8 Å². The fraction of sp³-hybridized carbons (Fsp3) is 0.840. The van der Waals surface area contributed by atoms with Gasteiger partial charge in [-0.3, -0.25) is 0 Å². The molecule has 0 heteroatoms. The van der Waals surface area contributed by atoms with Crippen molar-refractivity contribution in [1.29, 1.82) is 0 Å². The Balaban J connectivity index is 1.95. The highest BCUT2D eigenvalue weighted by molar-refractivity contribution is 5.08. The van der Waals surface area contributed by atoms with E-state index < -0.39 is 0 Å². The van der Waals surface area contributed by atoms with Gasteiger partial charge in [-0.2, -0.15) is 0 Å². The summed E-state index contributed by atoms with van der Waals surface area (Å²) in [5.74, 6) is 6.21. The lowest BCUT2D eigenvalue weighted by molar-refractivity contribution is 0.0974. The second kappa shape index (κ2) is 9.98. The molecule has 0 amide bonds. The molecule has 0 N–H and O–H groups in total. The van der Waals surface area contributed by atoms with Crippen LogP contribution in [-0.2, 0) is 0 Å². The topological polar surface area (TPSA) is 0 Å². The molecule has 144 valence electrons. The highest BCUT2D eigenvalue weighted by Crippen LogP contribution is 2.46. The van der Waals surface area contributed by atoms with Gasteiger partial charge in [-0.15, -0.1) is 6.58 Å². The van der Waals surface area contributed by atoms with E-state index in [4.69, 9.17) is 0 Å². The minimum absolute atomic E-state index is 0.687. The van der Waals surface area contributed by atoms with Gasteiger partial charge in [0.1, 0.15) is 0 Å². The fourth-order valence-corrected chi connectivity index (χ4v) is 6.06. The van der Waals surface area contributed by atoms with Crippen molar-refractivity contribution in [2.75, 3.05) is 0 Å². The van der Waals surface area contributed by atoms with Gasteiger partial charge in [-0.25, -0.2) is 0 Å². The van der Waals surface area contributed by atoms with E-state index >= 15 is 0 Å². The Hall–Kier alpha value is -0.520. The molecule has 0 aliphatic heterocycles. The molecule has 7 atom stereocenters. The molecule has 0 spiro atoms. The molecule has 0 heterocycles. The van der Waals surface area contributed by atoms with Crippen molar-refractivity contribution in [3.8, 4) is 0 Å². The lowest BCUT2D eigenvalue weighted by Gasteiger charge is -2.42. The lowest BCUT2D eigenvalue weighted by atomic mass is 9.63. The van der Waals surface area contributed by atoms with E-state index in [-0.39, 0.29) is 0 Å². The van der Waals surface area contributed by atoms with Crippen LogP contribution in [0.4, 0.5) is 0 Å². The summed E-state index contributed by atoms with van der Waals surface area (Å²) in [6, 6.07) is 0. The van der Waals surface area contributed by atoms with Gasteiger partial charge in [0.05, 0.1) is 0 Å².